The molecule has 0 unspecified atom stereocenters. The molecule has 1 atom stereocenters. The van der Waals surface area contributed by atoms with E-state index < -0.39 is 0 Å². The van der Waals surface area contributed by atoms with Crippen LogP contribution in [0.2, 0.25) is 0 Å². The van der Waals surface area contributed by atoms with Crippen molar-refractivity contribution in [2.24, 2.45) is 0 Å². The van der Waals surface area contributed by atoms with E-state index in [0.29, 0.717) is 32.6 Å². The van der Waals surface area contributed by atoms with Crippen molar-refractivity contribution in [2.75, 3.05) is 26.4 Å². The summed E-state index contributed by atoms with van der Waals surface area (Å²) < 4.78 is 5.22. The molecule has 0 aromatic heterocycles. The third kappa shape index (κ3) is 2.97. The Morgan fingerprint density at radius 2 is 2.46 bits per heavy atom. The Balaban J connectivity index is 2.35. The van der Waals surface area contributed by atoms with E-state index in [1.165, 1.54) is 0 Å². The highest BCUT2D eigenvalue weighted by Crippen LogP contribution is 2.08. The van der Waals surface area contributed by atoms with Crippen molar-refractivity contribution >= 4 is 5.91 Å². The molecule has 1 aliphatic heterocycles. The van der Waals surface area contributed by atoms with Crippen LogP contribution in [0.15, 0.2) is 0 Å². The van der Waals surface area contributed by atoms with Crippen molar-refractivity contribution in [3.63, 3.8) is 0 Å². The van der Waals surface area contributed by atoms with Gasteiger partial charge in [0.1, 0.15) is 0 Å². The number of amides is 1. The summed E-state index contributed by atoms with van der Waals surface area (Å²) in [5.41, 5.74) is 0. The van der Waals surface area contributed by atoms with E-state index in [-0.39, 0.29) is 18.6 Å². The summed E-state index contributed by atoms with van der Waals surface area (Å²) in [6.07, 6.45) is 1.00. The lowest BCUT2D eigenvalue weighted by Gasteiger charge is -2.33. The molecule has 1 fully saturated rings. The van der Waals surface area contributed by atoms with Gasteiger partial charge in [-0.05, 0) is 13.3 Å². The van der Waals surface area contributed by atoms with Gasteiger partial charge in [-0.3, -0.25) is 4.79 Å². The van der Waals surface area contributed by atoms with Gasteiger partial charge in [-0.15, -0.1) is 0 Å². The van der Waals surface area contributed by atoms with Gasteiger partial charge < -0.3 is 14.7 Å². The molecule has 0 radical (unpaired) electrons. The molecule has 0 aromatic rings. The van der Waals surface area contributed by atoms with E-state index in [0.717, 1.165) is 0 Å². The number of carbonyl (C=O) groups is 1. The lowest BCUT2D eigenvalue weighted by Crippen LogP contribution is -2.47. The number of morpholine rings is 1. The highest BCUT2D eigenvalue weighted by Gasteiger charge is 2.22. The molecule has 1 N–H and O–H groups in total. The number of aliphatic hydroxyl groups excluding tert-OH is 1. The van der Waals surface area contributed by atoms with Crippen molar-refractivity contribution in [1.29, 1.82) is 0 Å². The summed E-state index contributed by atoms with van der Waals surface area (Å²) in [4.78, 5) is 13.4. The first-order valence-corrected chi connectivity index (χ1v) is 4.73. The monoisotopic (exact) mass is 187 g/mol. The summed E-state index contributed by atoms with van der Waals surface area (Å²) in [7, 11) is 0. The molecular weight excluding hydrogens is 170 g/mol. The van der Waals surface area contributed by atoms with Crippen molar-refractivity contribution in [3.8, 4) is 0 Å². The molecule has 1 saturated heterocycles. The second-order valence-electron chi connectivity index (χ2n) is 3.34. The fraction of sp³-hybridized carbons (Fsp3) is 0.889. The highest BCUT2D eigenvalue weighted by atomic mass is 16.5. The van der Waals surface area contributed by atoms with Crippen LogP contribution in [0.4, 0.5) is 0 Å². The maximum atomic E-state index is 11.5. The number of hydrogen-bond donors (Lipinski definition) is 1. The first-order chi connectivity index (χ1) is 6.25. The largest absolute Gasteiger partial charge is 0.396 e. The number of aliphatic hydroxyl groups is 1. The van der Waals surface area contributed by atoms with Gasteiger partial charge in [0.05, 0.1) is 19.3 Å². The normalized spacial score (nSPS) is 23.2. The molecule has 1 heterocycles. The third-order valence-electron chi connectivity index (χ3n) is 2.24. The molecule has 4 heteroatoms. The summed E-state index contributed by atoms with van der Waals surface area (Å²) >= 11 is 0. The van der Waals surface area contributed by atoms with Gasteiger partial charge >= 0.3 is 0 Å². The third-order valence-corrected chi connectivity index (χ3v) is 2.24. The van der Waals surface area contributed by atoms with Crippen LogP contribution in [0.3, 0.4) is 0 Å². The highest BCUT2D eigenvalue weighted by molar-refractivity contribution is 5.76. The molecule has 0 spiro atoms. The molecule has 76 valence electrons. The quantitative estimate of drug-likeness (QED) is 0.677. The summed E-state index contributed by atoms with van der Waals surface area (Å²) in [6, 6.07) is 0.181. The smallest absolute Gasteiger partial charge is 0.223 e. The molecule has 4 nitrogen and oxygen atoms in total. The number of nitrogens with zero attached hydrogens (tertiary/aromatic N) is 1. The van der Waals surface area contributed by atoms with E-state index in [4.69, 9.17) is 9.84 Å². The minimum Gasteiger partial charge on any atom is -0.396 e. The van der Waals surface area contributed by atoms with Gasteiger partial charge in [0.15, 0.2) is 0 Å². The number of hydrogen-bond acceptors (Lipinski definition) is 3. The average Bonchev–Trinajstić information content (AvgIpc) is 2.15. The Morgan fingerprint density at radius 3 is 3.08 bits per heavy atom. The topological polar surface area (TPSA) is 49.8 Å². The van der Waals surface area contributed by atoms with E-state index in [1.54, 1.807) is 0 Å². The fourth-order valence-corrected chi connectivity index (χ4v) is 1.47. The van der Waals surface area contributed by atoms with Gasteiger partial charge in [0, 0.05) is 19.6 Å². The first kappa shape index (κ1) is 10.5. The van der Waals surface area contributed by atoms with E-state index in [2.05, 4.69) is 0 Å². The predicted octanol–water partition coefficient (Wildman–Crippen LogP) is 0.00620. The zero-order valence-electron chi connectivity index (χ0n) is 8.03. The lowest BCUT2D eigenvalue weighted by molar-refractivity contribution is -0.139. The molecule has 1 amide bonds. The maximum absolute atomic E-state index is 11.5. The van der Waals surface area contributed by atoms with Crippen LogP contribution in [0.1, 0.15) is 19.8 Å². The van der Waals surface area contributed by atoms with Gasteiger partial charge in [0.2, 0.25) is 5.91 Å². The molecular formula is C9H17NO3. The Kier molecular flexibility index (Phi) is 4.18. The maximum Gasteiger partial charge on any atom is 0.223 e. The van der Waals surface area contributed by atoms with Crippen molar-refractivity contribution < 1.29 is 14.6 Å². The molecule has 1 rings (SSSR count). The van der Waals surface area contributed by atoms with E-state index in [1.807, 2.05) is 11.8 Å². The lowest BCUT2D eigenvalue weighted by atomic mass is 10.2. The summed E-state index contributed by atoms with van der Waals surface area (Å²) in [5.74, 6) is 0.129. The molecule has 13 heavy (non-hydrogen) atoms. The minimum atomic E-state index is 0.0878. The van der Waals surface area contributed by atoms with Crippen molar-refractivity contribution in [1.82, 2.24) is 4.90 Å². The number of ether oxygens (including phenoxy) is 1. The van der Waals surface area contributed by atoms with Crippen LogP contribution >= 0.6 is 0 Å². The fourth-order valence-electron chi connectivity index (χ4n) is 1.47. The van der Waals surface area contributed by atoms with Gasteiger partial charge in [-0.2, -0.15) is 0 Å². The number of carbonyl (C=O) groups excluding carboxylic acids is 1. The predicted molar refractivity (Wildman–Crippen MR) is 48.3 cm³/mol. The average molecular weight is 187 g/mol. The SMILES string of the molecule is C[C@@H]1COCCN1C(=O)CCCO. The van der Waals surface area contributed by atoms with Crippen LogP contribution in [-0.2, 0) is 9.53 Å². The number of rotatable bonds is 3. The van der Waals surface area contributed by atoms with Crippen molar-refractivity contribution in [3.05, 3.63) is 0 Å². The Hall–Kier alpha value is -0.610. The molecule has 0 bridgehead atoms. The second-order valence-corrected chi connectivity index (χ2v) is 3.34. The summed E-state index contributed by atoms with van der Waals surface area (Å²) in [5, 5.41) is 8.58. The molecule has 0 saturated carbocycles. The van der Waals surface area contributed by atoms with Crippen LogP contribution in [0, 0.1) is 0 Å². The zero-order valence-corrected chi connectivity index (χ0v) is 8.03. The van der Waals surface area contributed by atoms with E-state index >= 15 is 0 Å². The zero-order chi connectivity index (χ0) is 9.68. The molecule has 1 aliphatic rings. The van der Waals surface area contributed by atoms with Gasteiger partial charge in [-0.25, -0.2) is 0 Å². The second kappa shape index (κ2) is 5.19. The van der Waals surface area contributed by atoms with Crippen LogP contribution in [0.5, 0.6) is 0 Å². The Bertz CT molecular complexity index is 172. The minimum absolute atomic E-state index is 0.0878. The first-order valence-electron chi connectivity index (χ1n) is 4.73. The molecule has 0 aromatic carbocycles. The molecule has 0 aliphatic carbocycles. The van der Waals surface area contributed by atoms with Gasteiger partial charge in [0.25, 0.3) is 0 Å². The summed E-state index contributed by atoms with van der Waals surface area (Å²) in [6.45, 7) is 4.02. The van der Waals surface area contributed by atoms with Crippen LogP contribution in [0.25, 0.3) is 0 Å². The standard InChI is InChI=1S/C9H17NO3/c1-8-7-13-6-4-10(8)9(12)3-2-5-11/h8,11H,2-7H2,1H3/t8-/m1/s1. The van der Waals surface area contributed by atoms with E-state index in [9.17, 15) is 4.79 Å². The van der Waals surface area contributed by atoms with Crippen LogP contribution in [-0.4, -0.2) is 48.3 Å². The van der Waals surface area contributed by atoms with Crippen molar-refractivity contribution in [2.45, 2.75) is 25.8 Å². The Labute approximate surface area is 78.5 Å². The van der Waals surface area contributed by atoms with Gasteiger partial charge in [-0.1, -0.05) is 0 Å². The Morgan fingerprint density at radius 1 is 1.69 bits per heavy atom. The van der Waals surface area contributed by atoms with Crippen LogP contribution < -0.4 is 0 Å².